The Bertz CT molecular complexity index is 560. The third kappa shape index (κ3) is 1.94. The van der Waals surface area contributed by atoms with E-state index in [1.54, 1.807) is 0 Å². The quantitative estimate of drug-likeness (QED) is 0.822. The lowest BCUT2D eigenvalue weighted by atomic mass is 9.77. The fourth-order valence-electron chi connectivity index (χ4n) is 4.71. The van der Waals surface area contributed by atoms with Crippen molar-refractivity contribution < 1.29 is 4.79 Å². The SMILES string of the molecule is NC1(C(=O)N2CCCC3(CCc4cn[nH]c43)C2)CCCC1. The zero-order valence-electron chi connectivity index (χ0n) is 12.5. The Kier molecular flexibility index (Phi) is 2.89. The zero-order valence-corrected chi connectivity index (χ0v) is 12.5. The third-order valence-corrected chi connectivity index (χ3v) is 5.91. The first-order chi connectivity index (χ1) is 10.1. The van der Waals surface area contributed by atoms with Gasteiger partial charge in [-0.2, -0.15) is 5.10 Å². The summed E-state index contributed by atoms with van der Waals surface area (Å²) in [5.41, 5.74) is 8.52. The molecule has 21 heavy (non-hydrogen) atoms. The molecule has 1 amide bonds. The summed E-state index contributed by atoms with van der Waals surface area (Å²) >= 11 is 0. The number of nitrogens with zero attached hydrogens (tertiary/aromatic N) is 2. The van der Waals surface area contributed by atoms with E-state index in [9.17, 15) is 4.79 Å². The Morgan fingerprint density at radius 3 is 2.86 bits per heavy atom. The van der Waals surface area contributed by atoms with Crippen molar-refractivity contribution in [2.24, 2.45) is 5.73 Å². The van der Waals surface area contributed by atoms with E-state index in [4.69, 9.17) is 5.73 Å². The summed E-state index contributed by atoms with van der Waals surface area (Å²) in [6.07, 6.45) is 10.3. The highest BCUT2D eigenvalue weighted by molar-refractivity contribution is 5.86. The zero-order chi connectivity index (χ0) is 14.5. The van der Waals surface area contributed by atoms with Crippen molar-refractivity contribution in [2.45, 2.75) is 62.3 Å². The fraction of sp³-hybridized carbons (Fsp3) is 0.750. The Morgan fingerprint density at radius 2 is 2.05 bits per heavy atom. The van der Waals surface area contributed by atoms with Crippen molar-refractivity contribution in [3.8, 4) is 0 Å². The van der Waals surface area contributed by atoms with Crippen LogP contribution in [0.1, 0.15) is 56.2 Å². The maximum atomic E-state index is 12.9. The van der Waals surface area contributed by atoms with Gasteiger partial charge in [-0.05, 0) is 44.1 Å². The molecule has 4 rings (SSSR count). The second kappa shape index (κ2) is 4.57. The molecule has 3 aliphatic rings. The van der Waals surface area contributed by atoms with Crippen LogP contribution in [0.5, 0.6) is 0 Å². The molecule has 0 aromatic carbocycles. The van der Waals surface area contributed by atoms with E-state index in [0.717, 1.165) is 64.5 Å². The fourth-order valence-corrected chi connectivity index (χ4v) is 4.71. The summed E-state index contributed by atoms with van der Waals surface area (Å²) in [4.78, 5) is 14.9. The van der Waals surface area contributed by atoms with Crippen LogP contribution < -0.4 is 5.73 Å². The van der Waals surface area contributed by atoms with E-state index >= 15 is 0 Å². The number of likely N-dealkylation sites (tertiary alicyclic amines) is 1. The standard InChI is InChI=1S/C16H24N4O/c17-16(6-1-2-7-16)14(21)20-9-3-5-15(11-20)8-4-12-10-18-19-13(12)15/h10H,1-9,11,17H2,(H,18,19). The van der Waals surface area contributed by atoms with Crippen LogP contribution in [0.3, 0.4) is 0 Å². The molecule has 1 aromatic rings. The van der Waals surface area contributed by atoms with Gasteiger partial charge in [0.05, 0.1) is 11.7 Å². The minimum absolute atomic E-state index is 0.106. The van der Waals surface area contributed by atoms with E-state index in [0.29, 0.717) is 0 Å². The molecule has 1 spiro atoms. The molecule has 5 heteroatoms. The number of aryl methyl sites for hydroxylation is 1. The maximum absolute atomic E-state index is 12.9. The number of H-pyrrole nitrogens is 1. The minimum Gasteiger partial charge on any atom is -0.340 e. The summed E-state index contributed by atoms with van der Waals surface area (Å²) in [6, 6.07) is 0. The topological polar surface area (TPSA) is 75.0 Å². The molecule has 0 bridgehead atoms. The highest BCUT2D eigenvalue weighted by Gasteiger charge is 2.47. The van der Waals surface area contributed by atoms with E-state index < -0.39 is 5.54 Å². The molecule has 2 aliphatic carbocycles. The van der Waals surface area contributed by atoms with Gasteiger partial charge in [0.1, 0.15) is 0 Å². The van der Waals surface area contributed by atoms with Crippen molar-refractivity contribution in [3.63, 3.8) is 0 Å². The molecular weight excluding hydrogens is 264 g/mol. The Morgan fingerprint density at radius 1 is 1.24 bits per heavy atom. The summed E-state index contributed by atoms with van der Waals surface area (Å²) in [5.74, 6) is 0.187. The van der Waals surface area contributed by atoms with Crippen LogP contribution in [0.15, 0.2) is 6.20 Å². The van der Waals surface area contributed by atoms with Gasteiger partial charge in [-0.25, -0.2) is 0 Å². The van der Waals surface area contributed by atoms with Gasteiger partial charge in [-0.3, -0.25) is 9.89 Å². The Labute approximate surface area is 125 Å². The van der Waals surface area contributed by atoms with Gasteiger partial charge in [0.2, 0.25) is 5.91 Å². The minimum atomic E-state index is -0.589. The molecule has 2 heterocycles. The second-order valence-corrected chi connectivity index (χ2v) is 7.24. The molecule has 1 unspecified atom stereocenters. The lowest BCUT2D eigenvalue weighted by Crippen LogP contribution is -2.58. The van der Waals surface area contributed by atoms with Crippen LogP contribution in [0.2, 0.25) is 0 Å². The van der Waals surface area contributed by atoms with Crippen LogP contribution in [0.4, 0.5) is 0 Å². The maximum Gasteiger partial charge on any atom is 0.242 e. The number of carbonyl (C=O) groups excluding carboxylic acids is 1. The van der Waals surface area contributed by atoms with E-state index in [-0.39, 0.29) is 11.3 Å². The summed E-state index contributed by atoms with van der Waals surface area (Å²) < 4.78 is 0. The molecule has 2 fully saturated rings. The van der Waals surface area contributed by atoms with Gasteiger partial charge in [-0.15, -0.1) is 0 Å². The first kappa shape index (κ1) is 13.3. The van der Waals surface area contributed by atoms with Gasteiger partial charge in [0, 0.05) is 24.2 Å². The van der Waals surface area contributed by atoms with Crippen molar-refractivity contribution in [2.75, 3.05) is 13.1 Å². The average molecular weight is 288 g/mol. The number of nitrogens with one attached hydrogen (secondary N) is 1. The van der Waals surface area contributed by atoms with E-state index in [2.05, 4.69) is 10.2 Å². The molecule has 1 aliphatic heterocycles. The van der Waals surface area contributed by atoms with Gasteiger partial charge < -0.3 is 10.6 Å². The Hall–Kier alpha value is -1.36. The van der Waals surface area contributed by atoms with Crippen LogP contribution in [0, 0.1) is 0 Å². The highest BCUT2D eigenvalue weighted by atomic mass is 16.2. The van der Waals surface area contributed by atoms with Gasteiger partial charge in [0.25, 0.3) is 0 Å². The Balaban J connectivity index is 1.58. The molecule has 5 nitrogen and oxygen atoms in total. The number of aromatic amines is 1. The lowest BCUT2D eigenvalue weighted by Gasteiger charge is -2.43. The number of nitrogens with two attached hydrogens (primary N) is 1. The van der Waals surface area contributed by atoms with Crippen LogP contribution in [0.25, 0.3) is 0 Å². The second-order valence-electron chi connectivity index (χ2n) is 7.24. The van der Waals surface area contributed by atoms with Crippen LogP contribution in [-0.4, -0.2) is 39.6 Å². The molecule has 1 saturated heterocycles. The summed E-state index contributed by atoms with van der Waals surface area (Å²) in [6.45, 7) is 1.68. The lowest BCUT2D eigenvalue weighted by molar-refractivity contribution is -0.139. The van der Waals surface area contributed by atoms with Crippen molar-refractivity contribution in [3.05, 3.63) is 17.5 Å². The smallest absolute Gasteiger partial charge is 0.242 e. The predicted octanol–water partition coefficient (Wildman–Crippen LogP) is 1.49. The van der Waals surface area contributed by atoms with Gasteiger partial charge in [-0.1, -0.05) is 12.8 Å². The molecule has 3 N–H and O–H groups in total. The number of amides is 1. The molecule has 114 valence electrons. The number of hydrogen-bond donors (Lipinski definition) is 2. The molecule has 1 atom stereocenters. The average Bonchev–Trinajstić information content (AvgIpc) is 3.19. The van der Waals surface area contributed by atoms with Gasteiger partial charge >= 0.3 is 0 Å². The largest absolute Gasteiger partial charge is 0.340 e. The highest BCUT2D eigenvalue weighted by Crippen LogP contribution is 2.44. The van der Waals surface area contributed by atoms with Gasteiger partial charge in [0.15, 0.2) is 0 Å². The molecule has 0 radical (unpaired) electrons. The van der Waals surface area contributed by atoms with E-state index in [1.165, 1.54) is 11.3 Å². The van der Waals surface area contributed by atoms with Crippen molar-refractivity contribution >= 4 is 5.91 Å². The molecule has 1 saturated carbocycles. The molecular formula is C16H24N4O. The summed E-state index contributed by atoms with van der Waals surface area (Å²) in [5, 5.41) is 7.40. The molecule has 1 aromatic heterocycles. The van der Waals surface area contributed by atoms with Crippen LogP contribution in [-0.2, 0) is 16.6 Å². The number of carbonyl (C=O) groups is 1. The predicted molar refractivity (Wildman–Crippen MR) is 79.8 cm³/mol. The van der Waals surface area contributed by atoms with Crippen molar-refractivity contribution in [1.82, 2.24) is 15.1 Å². The summed E-state index contributed by atoms with van der Waals surface area (Å²) in [7, 11) is 0. The number of hydrogen-bond acceptors (Lipinski definition) is 3. The number of piperidine rings is 1. The third-order valence-electron chi connectivity index (χ3n) is 5.91. The van der Waals surface area contributed by atoms with E-state index in [1.807, 2.05) is 11.1 Å². The normalized spacial score (nSPS) is 30.8. The van der Waals surface area contributed by atoms with Crippen molar-refractivity contribution in [1.29, 1.82) is 0 Å². The van der Waals surface area contributed by atoms with Crippen LogP contribution >= 0.6 is 0 Å². The first-order valence-electron chi connectivity index (χ1n) is 8.24. The first-order valence-corrected chi connectivity index (χ1v) is 8.24. The number of fused-ring (bicyclic) bond motifs is 2. The number of aromatic nitrogens is 2. The monoisotopic (exact) mass is 288 g/mol. The number of rotatable bonds is 1.